The van der Waals surface area contributed by atoms with Gasteiger partial charge in [-0.15, -0.1) is 0 Å². The van der Waals surface area contributed by atoms with Gasteiger partial charge < -0.3 is 14.6 Å². The summed E-state index contributed by atoms with van der Waals surface area (Å²) >= 11 is 0. The molecule has 1 N–H and O–H groups in total. The summed E-state index contributed by atoms with van der Waals surface area (Å²) in [4.78, 5) is 25.4. The van der Waals surface area contributed by atoms with E-state index in [9.17, 15) is 9.59 Å². The number of likely N-dealkylation sites (tertiary alicyclic amines) is 1. The van der Waals surface area contributed by atoms with Gasteiger partial charge in [0.1, 0.15) is 11.6 Å². The van der Waals surface area contributed by atoms with Crippen molar-refractivity contribution in [1.82, 2.24) is 4.90 Å². The molecule has 1 aliphatic rings. The van der Waals surface area contributed by atoms with Gasteiger partial charge in [-0.1, -0.05) is 0 Å². The van der Waals surface area contributed by atoms with Crippen LogP contribution in [0.2, 0.25) is 0 Å². The smallest absolute Gasteiger partial charge is 0.411 e. The highest BCUT2D eigenvalue weighted by Crippen LogP contribution is 2.21. The maximum atomic E-state index is 12.0. The maximum Gasteiger partial charge on any atom is 0.411 e. The molecule has 20 heavy (non-hydrogen) atoms. The van der Waals surface area contributed by atoms with Gasteiger partial charge >= 0.3 is 12.1 Å². The first-order chi connectivity index (χ1) is 9.35. The Bertz CT molecular complexity index is 337. The zero-order chi connectivity index (χ0) is 15.2. The molecule has 1 unspecified atom stereocenters. The van der Waals surface area contributed by atoms with Crippen LogP contribution in [-0.4, -0.2) is 53.5 Å². The monoisotopic (exact) mass is 287 g/mol. The van der Waals surface area contributed by atoms with Gasteiger partial charge in [0.25, 0.3) is 0 Å². The van der Waals surface area contributed by atoms with Crippen LogP contribution in [0.25, 0.3) is 0 Å². The largest absolute Gasteiger partial charge is 0.464 e. The second-order valence-electron chi connectivity index (χ2n) is 5.93. The molecule has 0 aromatic heterocycles. The van der Waals surface area contributed by atoms with E-state index >= 15 is 0 Å². The minimum Gasteiger partial charge on any atom is -0.464 e. The minimum absolute atomic E-state index is 0.0883. The van der Waals surface area contributed by atoms with Gasteiger partial charge in [-0.3, -0.25) is 4.90 Å². The van der Waals surface area contributed by atoms with Crippen LogP contribution in [-0.2, 0) is 14.3 Å². The van der Waals surface area contributed by atoms with Crippen LogP contribution in [0.1, 0.15) is 46.5 Å². The van der Waals surface area contributed by atoms with E-state index in [-0.39, 0.29) is 19.2 Å². The number of rotatable bonds is 5. The molecule has 116 valence electrons. The highest BCUT2D eigenvalue weighted by Gasteiger charge is 2.37. The Morgan fingerprint density at radius 3 is 2.60 bits per heavy atom. The SMILES string of the molecule is CC(C)(C)OC(=O)N1CCCC1C(=O)OCCCCO. The first-order valence-corrected chi connectivity index (χ1v) is 7.12. The van der Waals surface area contributed by atoms with E-state index in [1.54, 1.807) is 20.8 Å². The van der Waals surface area contributed by atoms with E-state index in [1.807, 2.05) is 0 Å². The Kier molecular flexibility index (Phi) is 6.26. The summed E-state index contributed by atoms with van der Waals surface area (Å²) in [5.41, 5.74) is -0.574. The summed E-state index contributed by atoms with van der Waals surface area (Å²) in [5.74, 6) is -0.383. The molecule has 1 heterocycles. The Hall–Kier alpha value is -1.30. The van der Waals surface area contributed by atoms with Crippen LogP contribution in [0.4, 0.5) is 4.79 Å². The second-order valence-corrected chi connectivity index (χ2v) is 5.93. The molecular formula is C14H25NO5. The molecule has 6 heteroatoms. The van der Waals surface area contributed by atoms with Crippen LogP contribution in [0.5, 0.6) is 0 Å². The number of unbranched alkanes of at least 4 members (excludes halogenated alkanes) is 1. The van der Waals surface area contributed by atoms with E-state index in [2.05, 4.69) is 0 Å². The molecule has 0 radical (unpaired) electrons. The van der Waals surface area contributed by atoms with Gasteiger partial charge in [0.2, 0.25) is 0 Å². The molecule has 0 bridgehead atoms. The first kappa shape index (κ1) is 16.8. The topological polar surface area (TPSA) is 76.1 Å². The fourth-order valence-corrected chi connectivity index (χ4v) is 2.03. The molecule has 1 aliphatic heterocycles. The number of ether oxygens (including phenoxy) is 2. The second kappa shape index (κ2) is 7.47. The fourth-order valence-electron chi connectivity index (χ4n) is 2.03. The van der Waals surface area contributed by atoms with Crippen molar-refractivity contribution in [2.75, 3.05) is 19.8 Å². The van der Waals surface area contributed by atoms with Gasteiger partial charge in [-0.05, 0) is 46.5 Å². The van der Waals surface area contributed by atoms with E-state index in [0.717, 1.165) is 6.42 Å². The number of esters is 1. The molecule has 1 saturated heterocycles. The van der Waals surface area contributed by atoms with Gasteiger partial charge in [-0.2, -0.15) is 0 Å². The molecule has 1 amide bonds. The first-order valence-electron chi connectivity index (χ1n) is 7.12. The van der Waals surface area contributed by atoms with E-state index in [1.165, 1.54) is 4.90 Å². The third-order valence-electron chi connectivity index (χ3n) is 2.95. The zero-order valence-corrected chi connectivity index (χ0v) is 12.6. The Morgan fingerprint density at radius 2 is 2.00 bits per heavy atom. The summed E-state index contributed by atoms with van der Waals surface area (Å²) in [6, 6.07) is -0.543. The third kappa shape index (κ3) is 5.36. The van der Waals surface area contributed by atoms with Crippen LogP contribution >= 0.6 is 0 Å². The van der Waals surface area contributed by atoms with E-state index < -0.39 is 17.7 Å². The number of amides is 1. The lowest BCUT2D eigenvalue weighted by Crippen LogP contribution is -2.44. The number of aliphatic hydroxyl groups is 1. The van der Waals surface area contributed by atoms with E-state index in [0.29, 0.717) is 25.8 Å². The minimum atomic E-state index is -0.574. The molecule has 6 nitrogen and oxygen atoms in total. The molecule has 1 atom stereocenters. The normalized spacial score (nSPS) is 19.0. The lowest BCUT2D eigenvalue weighted by atomic mass is 10.2. The van der Waals surface area contributed by atoms with Crippen LogP contribution in [0.15, 0.2) is 0 Å². The van der Waals surface area contributed by atoms with Gasteiger partial charge in [0.05, 0.1) is 6.61 Å². The number of carbonyl (C=O) groups excluding carboxylic acids is 2. The van der Waals surface area contributed by atoms with Crippen molar-refractivity contribution in [3.63, 3.8) is 0 Å². The van der Waals surface area contributed by atoms with Crippen LogP contribution < -0.4 is 0 Å². The molecule has 0 aromatic carbocycles. The lowest BCUT2D eigenvalue weighted by molar-refractivity contribution is -0.149. The maximum absolute atomic E-state index is 12.0. The molecule has 0 saturated carbocycles. The van der Waals surface area contributed by atoms with Crippen molar-refractivity contribution in [1.29, 1.82) is 0 Å². The van der Waals surface area contributed by atoms with Crippen molar-refractivity contribution in [3.8, 4) is 0 Å². The standard InChI is InChI=1S/C14H25NO5/c1-14(2,3)20-13(18)15-8-6-7-11(15)12(17)19-10-5-4-9-16/h11,16H,4-10H2,1-3H3. The van der Waals surface area contributed by atoms with Crippen molar-refractivity contribution < 1.29 is 24.2 Å². The molecular weight excluding hydrogens is 262 g/mol. The average Bonchev–Trinajstić information content (AvgIpc) is 2.81. The van der Waals surface area contributed by atoms with Gasteiger partial charge in [0, 0.05) is 13.2 Å². The highest BCUT2D eigenvalue weighted by molar-refractivity contribution is 5.82. The third-order valence-corrected chi connectivity index (χ3v) is 2.95. The van der Waals surface area contributed by atoms with Crippen molar-refractivity contribution in [2.45, 2.75) is 58.1 Å². The fraction of sp³-hybridized carbons (Fsp3) is 0.857. The lowest BCUT2D eigenvalue weighted by Gasteiger charge is -2.27. The number of aliphatic hydroxyl groups excluding tert-OH is 1. The van der Waals surface area contributed by atoms with Gasteiger partial charge in [0.15, 0.2) is 0 Å². The zero-order valence-electron chi connectivity index (χ0n) is 12.6. The van der Waals surface area contributed by atoms with Crippen molar-refractivity contribution in [3.05, 3.63) is 0 Å². The molecule has 0 aromatic rings. The van der Waals surface area contributed by atoms with E-state index in [4.69, 9.17) is 14.6 Å². The summed E-state index contributed by atoms with van der Waals surface area (Å²) in [5, 5.41) is 8.66. The summed E-state index contributed by atoms with van der Waals surface area (Å²) < 4.78 is 10.4. The molecule has 0 aliphatic carbocycles. The Labute approximate surface area is 120 Å². The summed E-state index contributed by atoms with van der Waals surface area (Å²) in [7, 11) is 0. The van der Waals surface area contributed by atoms with Gasteiger partial charge in [-0.25, -0.2) is 9.59 Å². The Balaban J connectivity index is 2.47. The average molecular weight is 287 g/mol. The predicted octanol–water partition coefficient (Wildman–Crippen LogP) is 1.70. The van der Waals surface area contributed by atoms with Crippen LogP contribution in [0, 0.1) is 0 Å². The summed E-state index contributed by atoms with van der Waals surface area (Å²) in [6.45, 7) is 6.27. The van der Waals surface area contributed by atoms with Crippen LogP contribution in [0.3, 0.4) is 0 Å². The molecule has 1 rings (SSSR count). The highest BCUT2D eigenvalue weighted by atomic mass is 16.6. The Morgan fingerprint density at radius 1 is 1.30 bits per heavy atom. The van der Waals surface area contributed by atoms with Crippen molar-refractivity contribution >= 4 is 12.1 Å². The number of hydrogen-bond donors (Lipinski definition) is 1. The molecule has 1 fully saturated rings. The predicted molar refractivity (Wildman–Crippen MR) is 73.2 cm³/mol. The van der Waals surface area contributed by atoms with Crippen molar-refractivity contribution in [2.24, 2.45) is 0 Å². The number of nitrogens with zero attached hydrogens (tertiary/aromatic N) is 1. The summed E-state index contributed by atoms with van der Waals surface area (Å²) in [6.07, 6.45) is 2.15. The molecule has 0 spiro atoms. The number of hydrogen-bond acceptors (Lipinski definition) is 5. The number of carbonyl (C=O) groups is 2. The quantitative estimate of drug-likeness (QED) is 0.615.